The van der Waals surface area contributed by atoms with Gasteiger partial charge in [-0.05, 0) is 12.7 Å². The molecule has 2 unspecified atom stereocenters. The molecule has 0 aromatic heterocycles. The third kappa shape index (κ3) is 5.65. The van der Waals surface area contributed by atoms with Crippen LogP contribution in [-0.4, -0.2) is 40.7 Å². The molecule has 2 atom stereocenters. The van der Waals surface area contributed by atoms with Crippen LogP contribution >= 0.6 is 35.3 Å². The quantitative estimate of drug-likeness (QED) is 0.260. The lowest BCUT2D eigenvalue weighted by atomic mass is 9.83. The van der Waals surface area contributed by atoms with E-state index in [4.69, 9.17) is 4.74 Å². The highest BCUT2D eigenvalue weighted by Gasteiger charge is 2.39. The lowest BCUT2D eigenvalue weighted by Crippen LogP contribution is -2.32. The Morgan fingerprint density at radius 3 is 2.30 bits per heavy atom. The SMILES string of the molecule is CCOC(=O)C(=C1SCCS1)C(C)C(C(=O)SCC)C(=O)c1ccccc1. The van der Waals surface area contributed by atoms with Crippen molar-refractivity contribution < 1.29 is 19.1 Å². The Morgan fingerprint density at radius 2 is 1.74 bits per heavy atom. The maximum absolute atomic E-state index is 13.2. The van der Waals surface area contributed by atoms with Crippen LogP contribution < -0.4 is 0 Å². The van der Waals surface area contributed by atoms with E-state index >= 15 is 0 Å². The van der Waals surface area contributed by atoms with Gasteiger partial charge in [-0.25, -0.2) is 4.79 Å². The minimum absolute atomic E-state index is 0.200. The molecular formula is C20H24O4S3. The highest BCUT2D eigenvalue weighted by Crippen LogP contribution is 2.43. The van der Waals surface area contributed by atoms with Crippen LogP contribution in [0.15, 0.2) is 40.1 Å². The van der Waals surface area contributed by atoms with Gasteiger partial charge in [-0.3, -0.25) is 9.59 Å². The van der Waals surface area contributed by atoms with E-state index in [1.807, 2.05) is 13.0 Å². The molecule has 1 fully saturated rings. The second-order valence-corrected chi connectivity index (χ2v) is 9.60. The smallest absolute Gasteiger partial charge is 0.335 e. The Kier molecular flexibility index (Phi) is 8.99. The van der Waals surface area contributed by atoms with Gasteiger partial charge in [0, 0.05) is 23.0 Å². The molecule has 146 valence electrons. The van der Waals surface area contributed by atoms with Crippen LogP contribution in [0.2, 0.25) is 0 Å². The molecule has 27 heavy (non-hydrogen) atoms. The molecule has 0 amide bonds. The van der Waals surface area contributed by atoms with Gasteiger partial charge in [-0.2, -0.15) is 0 Å². The summed E-state index contributed by atoms with van der Waals surface area (Å²) in [6.45, 7) is 5.68. The first-order chi connectivity index (χ1) is 13.0. The number of benzene rings is 1. The van der Waals surface area contributed by atoms with Crippen LogP contribution in [-0.2, 0) is 14.3 Å². The van der Waals surface area contributed by atoms with E-state index in [0.717, 1.165) is 27.5 Å². The van der Waals surface area contributed by atoms with Crippen LogP contribution in [0.25, 0.3) is 0 Å². The van der Waals surface area contributed by atoms with Gasteiger partial charge in [0.1, 0.15) is 0 Å². The number of hydrogen-bond donors (Lipinski definition) is 0. The molecule has 0 bridgehead atoms. The van der Waals surface area contributed by atoms with Gasteiger partial charge >= 0.3 is 5.97 Å². The van der Waals surface area contributed by atoms with Gasteiger partial charge in [0.2, 0.25) is 0 Å². The minimum Gasteiger partial charge on any atom is -0.463 e. The van der Waals surface area contributed by atoms with Crippen molar-refractivity contribution in [1.82, 2.24) is 0 Å². The normalized spacial score (nSPS) is 15.9. The van der Waals surface area contributed by atoms with Crippen molar-refractivity contribution in [3.63, 3.8) is 0 Å². The molecule has 2 rings (SSSR count). The van der Waals surface area contributed by atoms with Crippen molar-refractivity contribution in [3.8, 4) is 0 Å². The Bertz CT molecular complexity index is 707. The first-order valence-corrected chi connectivity index (χ1v) is 11.9. The van der Waals surface area contributed by atoms with E-state index in [1.165, 1.54) is 0 Å². The molecule has 7 heteroatoms. The van der Waals surface area contributed by atoms with Crippen molar-refractivity contribution in [1.29, 1.82) is 0 Å². The van der Waals surface area contributed by atoms with Gasteiger partial charge < -0.3 is 4.74 Å². The number of esters is 1. The summed E-state index contributed by atoms with van der Waals surface area (Å²) in [5.74, 6) is 0.266. The first-order valence-electron chi connectivity index (χ1n) is 8.94. The van der Waals surface area contributed by atoms with E-state index < -0.39 is 17.8 Å². The molecule has 4 nitrogen and oxygen atoms in total. The second-order valence-electron chi connectivity index (χ2n) is 5.87. The van der Waals surface area contributed by atoms with Gasteiger partial charge in [0.15, 0.2) is 10.9 Å². The van der Waals surface area contributed by atoms with E-state index in [0.29, 0.717) is 16.9 Å². The lowest BCUT2D eigenvalue weighted by Gasteiger charge is -2.24. The van der Waals surface area contributed by atoms with Crippen molar-refractivity contribution in [2.24, 2.45) is 11.8 Å². The minimum atomic E-state index is -0.911. The van der Waals surface area contributed by atoms with Crippen molar-refractivity contribution in [2.75, 3.05) is 23.9 Å². The molecule has 0 N–H and O–H groups in total. The number of ether oxygens (including phenoxy) is 1. The van der Waals surface area contributed by atoms with Gasteiger partial charge in [0.25, 0.3) is 0 Å². The molecule has 1 heterocycles. The van der Waals surface area contributed by atoms with E-state index in [9.17, 15) is 14.4 Å². The fraction of sp³-hybridized carbons (Fsp3) is 0.450. The Labute approximate surface area is 173 Å². The van der Waals surface area contributed by atoms with E-state index in [1.54, 1.807) is 61.6 Å². The predicted molar refractivity (Wildman–Crippen MR) is 115 cm³/mol. The zero-order chi connectivity index (χ0) is 19.8. The summed E-state index contributed by atoms with van der Waals surface area (Å²) < 4.78 is 6.14. The summed E-state index contributed by atoms with van der Waals surface area (Å²) in [6, 6.07) is 8.81. The highest BCUT2D eigenvalue weighted by molar-refractivity contribution is 8.25. The molecule has 0 spiro atoms. The number of rotatable bonds is 8. The van der Waals surface area contributed by atoms with Crippen LogP contribution in [0, 0.1) is 11.8 Å². The number of carbonyl (C=O) groups excluding carboxylic acids is 3. The number of Topliss-reactive ketones (excluding diaryl/α,β-unsaturated/α-hetero) is 1. The Morgan fingerprint density at radius 1 is 1.11 bits per heavy atom. The Hall–Kier alpha value is -1.18. The summed E-state index contributed by atoms with van der Waals surface area (Å²) >= 11 is 4.32. The van der Waals surface area contributed by atoms with Gasteiger partial charge in [0.05, 0.1) is 22.3 Å². The summed E-state index contributed by atoms with van der Waals surface area (Å²) in [6.07, 6.45) is 0. The third-order valence-corrected chi connectivity index (χ3v) is 7.67. The van der Waals surface area contributed by atoms with Gasteiger partial charge in [-0.15, -0.1) is 23.5 Å². The molecule has 1 aromatic rings. The van der Waals surface area contributed by atoms with Crippen molar-refractivity contribution in [2.45, 2.75) is 20.8 Å². The summed E-state index contributed by atoms with van der Waals surface area (Å²) in [5.41, 5.74) is 0.947. The fourth-order valence-electron chi connectivity index (χ4n) is 2.85. The van der Waals surface area contributed by atoms with E-state index in [-0.39, 0.29) is 17.5 Å². The maximum Gasteiger partial charge on any atom is 0.335 e. The number of hydrogen-bond acceptors (Lipinski definition) is 7. The molecule has 0 aliphatic carbocycles. The number of thioether (sulfide) groups is 3. The van der Waals surface area contributed by atoms with E-state index in [2.05, 4.69) is 0 Å². The largest absolute Gasteiger partial charge is 0.463 e. The molecule has 0 saturated carbocycles. The predicted octanol–water partition coefficient (Wildman–Crippen LogP) is 4.66. The topological polar surface area (TPSA) is 60.4 Å². The molecule has 1 aliphatic heterocycles. The molecule has 1 saturated heterocycles. The third-order valence-electron chi connectivity index (χ3n) is 4.10. The monoisotopic (exact) mass is 424 g/mol. The van der Waals surface area contributed by atoms with Crippen LogP contribution in [0.5, 0.6) is 0 Å². The molecular weight excluding hydrogens is 400 g/mol. The molecule has 1 aliphatic rings. The average molecular weight is 425 g/mol. The first kappa shape index (κ1) is 22.1. The van der Waals surface area contributed by atoms with Crippen molar-refractivity contribution in [3.05, 3.63) is 45.7 Å². The highest BCUT2D eigenvalue weighted by atomic mass is 32.2. The van der Waals surface area contributed by atoms with Crippen molar-refractivity contribution >= 4 is 52.2 Å². The van der Waals surface area contributed by atoms with Crippen LogP contribution in [0.3, 0.4) is 0 Å². The summed E-state index contributed by atoms with van der Waals surface area (Å²) in [7, 11) is 0. The Balaban J connectivity index is 2.45. The van der Waals surface area contributed by atoms with Crippen LogP contribution in [0.1, 0.15) is 31.1 Å². The summed E-state index contributed by atoms with van der Waals surface area (Å²) in [5, 5.41) is -0.200. The standard InChI is InChI=1S/C20H24O4S3/c1-4-24-18(22)16(20-26-11-12-27-20)13(3)15(19(23)25-5-2)17(21)14-9-7-6-8-10-14/h6-10,13,15H,4-5,11-12H2,1-3H3. The number of carbonyl (C=O) groups is 3. The fourth-order valence-corrected chi connectivity index (χ4v) is 6.34. The molecule has 1 aromatic carbocycles. The second kappa shape index (κ2) is 11.0. The number of ketones is 1. The van der Waals surface area contributed by atoms with Gasteiger partial charge in [-0.1, -0.05) is 55.9 Å². The van der Waals surface area contributed by atoms with Crippen LogP contribution in [0.4, 0.5) is 0 Å². The zero-order valence-corrected chi connectivity index (χ0v) is 18.2. The summed E-state index contributed by atoms with van der Waals surface area (Å²) in [4.78, 5) is 38.7. The lowest BCUT2D eigenvalue weighted by molar-refractivity contribution is -0.139. The maximum atomic E-state index is 13.2. The molecule has 0 radical (unpaired) electrons. The average Bonchev–Trinajstić information content (AvgIpc) is 3.17. The zero-order valence-electron chi connectivity index (χ0n) is 15.7.